The van der Waals surface area contributed by atoms with Crippen molar-refractivity contribution in [2.24, 2.45) is 17.8 Å². The highest BCUT2D eigenvalue weighted by atomic mass is 32.1. The second kappa shape index (κ2) is 9.20. The number of Topliss-reactive ketones (excluding diaryl/α,β-unsaturated/α-hetero) is 1. The van der Waals surface area contributed by atoms with Crippen LogP contribution in [-0.4, -0.2) is 40.0 Å². The zero-order chi connectivity index (χ0) is 26.7. The van der Waals surface area contributed by atoms with E-state index in [1.54, 1.807) is 19.1 Å². The van der Waals surface area contributed by atoms with Crippen LogP contribution in [0.5, 0.6) is 11.5 Å². The molecule has 1 saturated heterocycles. The number of carbonyl (C=O) groups excluding carboxylic acids is 4. The summed E-state index contributed by atoms with van der Waals surface area (Å²) in [7, 11) is 0. The SMILES string of the molecule is CCOc1cc(C2C3=CCC4C(=O)N(Cc5cccs5)C(=O)C4C3CC3=C2C(=O)C=C(C)C3=O)ccc1O. The molecule has 3 aliphatic carbocycles. The molecule has 1 fully saturated rings. The molecule has 4 unspecified atom stereocenters. The molecule has 4 aliphatic rings. The Balaban J connectivity index is 1.46. The Kier molecular flexibility index (Phi) is 5.94. The highest BCUT2D eigenvalue weighted by Gasteiger charge is 2.56. The summed E-state index contributed by atoms with van der Waals surface area (Å²) in [6, 6.07) is 8.77. The number of nitrogens with zero attached hydrogens (tertiary/aromatic N) is 1. The lowest BCUT2D eigenvalue weighted by Crippen LogP contribution is -2.39. The van der Waals surface area contributed by atoms with Crippen LogP contribution in [0.4, 0.5) is 0 Å². The molecule has 2 amide bonds. The Morgan fingerprint density at radius 2 is 1.92 bits per heavy atom. The molecule has 1 N–H and O–H groups in total. The summed E-state index contributed by atoms with van der Waals surface area (Å²) in [5, 5.41) is 12.2. The van der Waals surface area contributed by atoms with Gasteiger partial charge in [-0.1, -0.05) is 23.8 Å². The average molecular weight is 530 g/mol. The van der Waals surface area contributed by atoms with Gasteiger partial charge in [0.05, 0.1) is 25.0 Å². The van der Waals surface area contributed by atoms with Crippen molar-refractivity contribution in [3.63, 3.8) is 0 Å². The molecule has 38 heavy (non-hydrogen) atoms. The van der Waals surface area contributed by atoms with E-state index >= 15 is 0 Å². The van der Waals surface area contributed by atoms with Crippen molar-refractivity contribution in [1.29, 1.82) is 0 Å². The van der Waals surface area contributed by atoms with Gasteiger partial charge in [0.2, 0.25) is 11.8 Å². The number of ether oxygens (including phenoxy) is 1. The van der Waals surface area contributed by atoms with Gasteiger partial charge in [0.1, 0.15) is 0 Å². The van der Waals surface area contributed by atoms with E-state index in [4.69, 9.17) is 4.74 Å². The molecule has 0 radical (unpaired) electrons. The second-order valence-corrected chi connectivity index (χ2v) is 11.3. The predicted octanol–water partition coefficient (Wildman–Crippen LogP) is 4.48. The summed E-state index contributed by atoms with van der Waals surface area (Å²) >= 11 is 1.50. The molecule has 4 atom stereocenters. The normalized spacial score (nSPS) is 26.6. The largest absolute Gasteiger partial charge is 0.504 e. The number of carbonyl (C=O) groups is 4. The number of imide groups is 1. The highest BCUT2D eigenvalue weighted by molar-refractivity contribution is 7.09. The maximum atomic E-state index is 13.8. The van der Waals surface area contributed by atoms with Crippen LogP contribution in [0, 0.1) is 17.8 Å². The van der Waals surface area contributed by atoms with Crippen molar-refractivity contribution in [2.75, 3.05) is 6.61 Å². The maximum Gasteiger partial charge on any atom is 0.234 e. The van der Waals surface area contributed by atoms with E-state index in [9.17, 15) is 24.3 Å². The molecule has 2 aromatic rings. The maximum absolute atomic E-state index is 13.8. The van der Waals surface area contributed by atoms with E-state index in [-0.39, 0.29) is 48.0 Å². The fourth-order valence-corrected chi connectivity index (χ4v) is 7.22. The quantitative estimate of drug-likeness (QED) is 0.348. The summed E-state index contributed by atoms with van der Waals surface area (Å²) in [5.74, 6) is -2.55. The number of fused-ring (bicyclic) bond motifs is 3. The number of amides is 2. The fourth-order valence-electron chi connectivity index (χ4n) is 6.52. The lowest BCUT2D eigenvalue weighted by molar-refractivity contribution is -0.140. The van der Waals surface area contributed by atoms with Crippen LogP contribution < -0.4 is 4.74 Å². The summed E-state index contributed by atoms with van der Waals surface area (Å²) in [6.07, 6.45) is 4.03. The lowest BCUT2D eigenvalue weighted by Gasteiger charge is -2.42. The number of thiophene rings is 1. The van der Waals surface area contributed by atoms with Crippen LogP contribution in [0.1, 0.15) is 43.0 Å². The number of likely N-dealkylation sites (tertiary alicyclic amines) is 1. The van der Waals surface area contributed by atoms with Gasteiger partial charge in [-0.25, -0.2) is 0 Å². The number of phenols is 1. The molecular formula is C30H27NO6S. The average Bonchev–Trinajstić information content (AvgIpc) is 3.50. The van der Waals surface area contributed by atoms with Gasteiger partial charge in [0, 0.05) is 27.5 Å². The lowest BCUT2D eigenvalue weighted by atomic mass is 9.59. The summed E-state index contributed by atoms with van der Waals surface area (Å²) in [4.78, 5) is 56.2. The third kappa shape index (κ3) is 3.69. The van der Waals surface area contributed by atoms with Gasteiger partial charge >= 0.3 is 0 Å². The van der Waals surface area contributed by atoms with Gasteiger partial charge in [-0.2, -0.15) is 0 Å². The minimum absolute atomic E-state index is 0.0163. The smallest absolute Gasteiger partial charge is 0.234 e. The number of allylic oxidation sites excluding steroid dienone is 6. The Hall–Kier alpha value is -3.78. The molecule has 1 aliphatic heterocycles. The number of ketones is 2. The first-order chi connectivity index (χ1) is 18.3. The van der Waals surface area contributed by atoms with Crippen LogP contribution in [0.25, 0.3) is 0 Å². The fraction of sp³-hybridized carbons (Fsp3) is 0.333. The van der Waals surface area contributed by atoms with Crippen LogP contribution in [-0.2, 0) is 25.7 Å². The van der Waals surface area contributed by atoms with Gasteiger partial charge in [-0.3, -0.25) is 24.1 Å². The molecule has 1 aromatic carbocycles. The van der Waals surface area contributed by atoms with Crippen molar-refractivity contribution in [2.45, 2.75) is 39.2 Å². The molecule has 2 heterocycles. The van der Waals surface area contributed by atoms with Gasteiger partial charge in [0.15, 0.2) is 23.1 Å². The summed E-state index contributed by atoms with van der Waals surface area (Å²) < 4.78 is 5.62. The molecule has 7 nitrogen and oxygen atoms in total. The van der Waals surface area contributed by atoms with E-state index in [1.165, 1.54) is 28.4 Å². The van der Waals surface area contributed by atoms with Crippen LogP contribution in [0.3, 0.4) is 0 Å². The molecule has 0 saturated carbocycles. The van der Waals surface area contributed by atoms with Gasteiger partial charge in [0.25, 0.3) is 0 Å². The molecule has 0 bridgehead atoms. The minimum atomic E-state index is -0.586. The van der Waals surface area contributed by atoms with Crippen LogP contribution in [0.2, 0.25) is 0 Å². The zero-order valence-corrected chi connectivity index (χ0v) is 21.9. The highest BCUT2D eigenvalue weighted by Crippen LogP contribution is 2.55. The third-order valence-electron chi connectivity index (χ3n) is 8.16. The van der Waals surface area contributed by atoms with Gasteiger partial charge < -0.3 is 9.84 Å². The van der Waals surface area contributed by atoms with Crippen molar-refractivity contribution >= 4 is 34.7 Å². The van der Waals surface area contributed by atoms with Crippen molar-refractivity contribution < 1.29 is 29.0 Å². The van der Waals surface area contributed by atoms with Crippen molar-refractivity contribution in [3.8, 4) is 11.5 Å². The molecule has 194 valence electrons. The van der Waals surface area contributed by atoms with E-state index < -0.39 is 17.8 Å². The molecule has 8 heteroatoms. The van der Waals surface area contributed by atoms with Crippen LogP contribution >= 0.6 is 11.3 Å². The summed E-state index contributed by atoms with van der Waals surface area (Å²) in [5.41, 5.74) is 2.80. The van der Waals surface area contributed by atoms with Gasteiger partial charge in [-0.15, -0.1) is 11.3 Å². The standard InChI is InChI=1S/C30H27NO6S/c1-3-37-24-12-16(6-9-22(24)32)25-18-7-8-19-26(30(36)31(29(19)35)14-17-5-4-10-38-17)20(18)13-21-27(25)23(33)11-15(2)28(21)34/h4-7,9-12,19-20,25-26,32H,3,8,13-14H2,1-2H3. The minimum Gasteiger partial charge on any atom is -0.504 e. The van der Waals surface area contributed by atoms with Crippen LogP contribution in [0.15, 0.2) is 70.2 Å². The van der Waals surface area contributed by atoms with Crippen molar-refractivity contribution in [1.82, 2.24) is 4.90 Å². The van der Waals surface area contributed by atoms with Gasteiger partial charge in [-0.05, 0) is 67.8 Å². The van der Waals surface area contributed by atoms with E-state index in [0.29, 0.717) is 41.1 Å². The molecule has 1 aromatic heterocycles. The van der Waals surface area contributed by atoms with Crippen molar-refractivity contribution in [3.05, 3.63) is 80.6 Å². The number of hydrogen-bond acceptors (Lipinski definition) is 7. The summed E-state index contributed by atoms with van der Waals surface area (Å²) in [6.45, 7) is 4.04. The first-order valence-electron chi connectivity index (χ1n) is 12.8. The Bertz CT molecular complexity index is 1480. The molecule has 6 rings (SSSR count). The van der Waals surface area contributed by atoms with E-state index in [0.717, 1.165) is 10.5 Å². The monoisotopic (exact) mass is 529 g/mol. The zero-order valence-electron chi connectivity index (χ0n) is 21.1. The molecular weight excluding hydrogens is 502 g/mol. The predicted molar refractivity (Wildman–Crippen MR) is 140 cm³/mol. The first kappa shape index (κ1) is 24.6. The number of rotatable bonds is 5. The van der Waals surface area contributed by atoms with E-state index in [1.807, 2.05) is 30.5 Å². The Morgan fingerprint density at radius 1 is 1.11 bits per heavy atom. The number of aromatic hydroxyl groups is 1. The number of phenolic OH excluding ortho intramolecular Hbond substituents is 1. The van der Waals surface area contributed by atoms with E-state index in [2.05, 4.69) is 0 Å². The Morgan fingerprint density at radius 3 is 2.66 bits per heavy atom. The Labute approximate surface area is 224 Å². The second-order valence-electron chi connectivity index (χ2n) is 10.2. The number of hydrogen-bond donors (Lipinski definition) is 1. The first-order valence-corrected chi connectivity index (χ1v) is 13.7. The number of benzene rings is 1. The molecule has 0 spiro atoms. The third-order valence-corrected chi connectivity index (χ3v) is 9.03. The topological polar surface area (TPSA) is 101 Å².